The largest absolute Gasteiger partial charge is 0.493 e. The van der Waals surface area contributed by atoms with E-state index in [2.05, 4.69) is 37.4 Å². The van der Waals surface area contributed by atoms with Crippen LogP contribution >= 0.6 is 0 Å². The fourth-order valence-corrected chi connectivity index (χ4v) is 5.64. The third kappa shape index (κ3) is 3.60. The summed E-state index contributed by atoms with van der Waals surface area (Å²) in [4.78, 5) is 13.9. The van der Waals surface area contributed by atoms with Crippen molar-refractivity contribution in [2.45, 2.75) is 38.5 Å². The molecule has 6 heteroatoms. The molecule has 0 saturated heterocycles. The molecule has 3 aliphatic rings. The Bertz CT molecular complexity index is 1420. The van der Waals surface area contributed by atoms with E-state index in [1.54, 1.807) is 14.2 Å². The molecule has 1 aliphatic carbocycles. The van der Waals surface area contributed by atoms with Gasteiger partial charge in [-0.25, -0.2) is 0 Å². The molecule has 6 nitrogen and oxygen atoms in total. The van der Waals surface area contributed by atoms with Gasteiger partial charge in [0.1, 0.15) is 0 Å². The van der Waals surface area contributed by atoms with Crippen LogP contribution in [0.4, 0.5) is 5.69 Å². The van der Waals surface area contributed by atoms with Gasteiger partial charge in [0.25, 0.3) is 0 Å². The molecule has 3 aromatic carbocycles. The van der Waals surface area contributed by atoms with Crippen molar-refractivity contribution >= 4 is 11.5 Å². The summed E-state index contributed by atoms with van der Waals surface area (Å²) >= 11 is 0. The number of hydrogen-bond donors (Lipinski definition) is 1. The molecule has 6 rings (SSSR count). The summed E-state index contributed by atoms with van der Waals surface area (Å²) in [6.07, 6.45) is 1.17. The van der Waals surface area contributed by atoms with Crippen LogP contribution in [0.3, 0.4) is 0 Å². The number of rotatable bonds is 4. The van der Waals surface area contributed by atoms with Crippen LogP contribution in [-0.4, -0.2) is 26.8 Å². The normalized spacial score (nSPS) is 19.9. The van der Waals surface area contributed by atoms with Crippen molar-refractivity contribution in [3.8, 4) is 23.0 Å². The molecule has 0 amide bonds. The van der Waals surface area contributed by atoms with Crippen LogP contribution in [0.25, 0.3) is 0 Å². The number of benzene rings is 3. The number of allylic oxidation sites excluding steroid dienone is 2. The average molecular weight is 484 g/mol. The lowest BCUT2D eigenvalue weighted by molar-refractivity contribution is -0.116. The van der Waals surface area contributed by atoms with Gasteiger partial charge in [0.2, 0.25) is 6.79 Å². The van der Waals surface area contributed by atoms with Crippen LogP contribution in [0.2, 0.25) is 0 Å². The first-order valence-electron chi connectivity index (χ1n) is 12.2. The first-order chi connectivity index (χ1) is 17.5. The Kier molecular flexibility index (Phi) is 5.40. The van der Waals surface area contributed by atoms with Gasteiger partial charge >= 0.3 is 0 Å². The van der Waals surface area contributed by atoms with Crippen molar-refractivity contribution in [3.05, 3.63) is 87.6 Å². The van der Waals surface area contributed by atoms with E-state index in [4.69, 9.17) is 18.9 Å². The lowest BCUT2D eigenvalue weighted by atomic mass is 9.71. The Balaban J connectivity index is 1.46. The van der Waals surface area contributed by atoms with Crippen LogP contribution in [0, 0.1) is 13.8 Å². The molecule has 0 spiro atoms. The van der Waals surface area contributed by atoms with E-state index in [0.29, 0.717) is 17.9 Å². The summed E-state index contributed by atoms with van der Waals surface area (Å²) in [6, 6.07) is 16.4. The second-order valence-electron chi connectivity index (χ2n) is 9.73. The second kappa shape index (κ2) is 8.63. The molecular formula is C30H29NO5. The average Bonchev–Trinajstić information content (AvgIpc) is 3.34. The topological polar surface area (TPSA) is 66.0 Å². The Hall–Kier alpha value is -3.93. The van der Waals surface area contributed by atoms with Gasteiger partial charge < -0.3 is 24.3 Å². The zero-order valence-corrected chi connectivity index (χ0v) is 20.9. The fourth-order valence-electron chi connectivity index (χ4n) is 5.64. The van der Waals surface area contributed by atoms with Gasteiger partial charge in [-0.1, -0.05) is 24.3 Å². The predicted octanol–water partition coefficient (Wildman–Crippen LogP) is 6.01. The maximum absolute atomic E-state index is 13.9. The number of hydrogen-bond acceptors (Lipinski definition) is 6. The standard InChI is InChI=1S/C30H29NO5/c1-16-5-6-19(9-17(16)2)29-21-13-27-28(36-15-35-27)14-22(21)31-23-10-20(11-24(32)30(23)29)18-7-8-25(33-3)26(12-18)34-4/h5-9,12-14,20,29,31H,10-11,15H2,1-4H3/t20-,29-/m1/s1. The first kappa shape index (κ1) is 22.5. The van der Waals surface area contributed by atoms with Crippen LogP contribution in [0.1, 0.15) is 52.5 Å². The highest BCUT2D eigenvalue weighted by Crippen LogP contribution is 2.51. The van der Waals surface area contributed by atoms with E-state index in [9.17, 15) is 4.79 Å². The molecule has 0 saturated carbocycles. The molecule has 0 aromatic heterocycles. The van der Waals surface area contributed by atoms with Crippen molar-refractivity contribution in [2.24, 2.45) is 0 Å². The van der Waals surface area contributed by atoms with Crippen molar-refractivity contribution in [1.29, 1.82) is 0 Å². The summed E-state index contributed by atoms with van der Waals surface area (Å²) in [7, 11) is 3.26. The lowest BCUT2D eigenvalue weighted by Crippen LogP contribution is -2.29. The molecule has 2 atom stereocenters. The zero-order chi connectivity index (χ0) is 25.0. The predicted molar refractivity (Wildman–Crippen MR) is 138 cm³/mol. The number of ether oxygens (including phenoxy) is 4. The molecule has 2 heterocycles. The van der Waals surface area contributed by atoms with E-state index in [1.807, 2.05) is 30.3 Å². The van der Waals surface area contributed by atoms with E-state index in [1.165, 1.54) is 11.1 Å². The number of nitrogens with one attached hydrogen (secondary N) is 1. The molecule has 0 bridgehead atoms. The maximum Gasteiger partial charge on any atom is 0.231 e. The molecule has 2 aliphatic heterocycles. The smallest absolute Gasteiger partial charge is 0.231 e. The molecule has 0 unspecified atom stereocenters. The Morgan fingerprint density at radius 3 is 2.33 bits per heavy atom. The number of Topliss-reactive ketones (excluding diaryl/α,β-unsaturated/α-hetero) is 1. The number of aryl methyl sites for hydroxylation is 2. The van der Waals surface area contributed by atoms with Gasteiger partial charge in [-0.15, -0.1) is 0 Å². The molecule has 1 N–H and O–H groups in total. The minimum absolute atomic E-state index is 0.0412. The SMILES string of the molecule is COc1ccc([C@H]2CC(=O)C3=C(C2)Nc2cc4c(cc2[C@H]3c2ccc(C)c(C)c2)OCO4)cc1OC. The number of methoxy groups -OCH3 is 2. The molecule has 184 valence electrons. The van der Waals surface area contributed by atoms with Gasteiger partial charge in [-0.3, -0.25) is 4.79 Å². The van der Waals surface area contributed by atoms with E-state index in [-0.39, 0.29) is 24.4 Å². The van der Waals surface area contributed by atoms with Crippen LogP contribution in [0.5, 0.6) is 23.0 Å². The van der Waals surface area contributed by atoms with Crippen molar-refractivity contribution in [2.75, 3.05) is 26.3 Å². The Morgan fingerprint density at radius 1 is 0.833 bits per heavy atom. The third-order valence-electron chi connectivity index (χ3n) is 7.68. The van der Waals surface area contributed by atoms with E-state index in [0.717, 1.165) is 51.6 Å². The summed E-state index contributed by atoms with van der Waals surface area (Å²) in [5, 5.41) is 3.60. The van der Waals surface area contributed by atoms with Crippen LogP contribution < -0.4 is 24.3 Å². The summed E-state index contributed by atoms with van der Waals surface area (Å²) < 4.78 is 22.3. The molecule has 36 heavy (non-hydrogen) atoms. The third-order valence-corrected chi connectivity index (χ3v) is 7.68. The highest BCUT2D eigenvalue weighted by molar-refractivity contribution is 6.02. The van der Waals surface area contributed by atoms with Gasteiger partial charge in [-0.05, 0) is 72.2 Å². The van der Waals surface area contributed by atoms with Crippen molar-refractivity contribution < 1.29 is 23.7 Å². The minimum Gasteiger partial charge on any atom is -0.493 e. The highest BCUT2D eigenvalue weighted by Gasteiger charge is 2.39. The van der Waals surface area contributed by atoms with Gasteiger partial charge in [0, 0.05) is 35.4 Å². The van der Waals surface area contributed by atoms with Crippen LogP contribution in [-0.2, 0) is 4.79 Å². The Morgan fingerprint density at radius 2 is 1.58 bits per heavy atom. The van der Waals surface area contributed by atoms with Gasteiger partial charge in [0.05, 0.1) is 14.2 Å². The number of carbonyl (C=O) groups is 1. The quantitative estimate of drug-likeness (QED) is 0.490. The van der Waals surface area contributed by atoms with E-state index < -0.39 is 0 Å². The van der Waals surface area contributed by atoms with Gasteiger partial charge in [0.15, 0.2) is 28.8 Å². The number of fused-ring (bicyclic) bond motifs is 2. The maximum atomic E-state index is 13.9. The molecule has 0 radical (unpaired) electrons. The monoisotopic (exact) mass is 483 g/mol. The summed E-state index contributed by atoms with van der Waals surface area (Å²) in [5.41, 5.74) is 8.44. The minimum atomic E-state index is -0.163. The van der Waals surface area contributed by atoms with E-state index >= 15 is 0 Å². The lowest BCUT2D eigenvalue weighted by Gasteiger charge is -2.37. The molecule has 3 aromatic rings. The first-order valence-corrected chi connectivity index (χ1v) is 12.2. The number of carbonyl (C=O) groups excluding carboxylic acids is 1. The number of anilines is 1. The number of ketones is 1. The second-order valence-corrected chi connectivity index (χ2v) is 9.73. The molecule has 0 fully saturated rings. The summed E-state index contributed by atoms with van der Waals surface area (Å²) in [6.45, 7) is 4.43. The highest BCUT2D eigenvalue weighted by atomic mass is 16.7. The van der Waals surface area contributed by atoms with Crippen molar-refractivity contribution in [1.82, 2.24) is 0 Å². The molecular weight excluding hydrogens is 454 g/mol. The Labute approximate surface area is 210 Å². The van der Waals surface area contributed by atoms with Crippen LogP contribution in [0.15, 0.2) is 59.8 Å². The van der Waals surface area contributed by atoms with Crippen molar-refractivity contribution in [3.63, 3.8) is 0 Å². The van der Waals surface area contributed by atoms with Gasteiger partial charge in [-0.2, -0.15) is 0 Å². The summed E-state index contributed by atoms with van der Waals surface area (Å²) in [5.74, 6) is 2.84. The fraction of sp³-hybridized carbons (Fsp3) is 0.300. The zero-order valence-electron chi connectivity index (χ0n) is 20.9.